The number of benzene rings is 1. The van der Waals surface area contributed by atoms with Crippen LogP contribution in [0.3, 0.4) is 0 Å². The van der Waals surface area contributed by atoms with Gasteiger partial charge in [0.1, 0.15) is 0 Å². The molecule has 23 heavy (non-hydrogen) atoms. The van der Waals surface area contributed by atoms with E-state index in [9.17, 15) is 9.59 Å². The molecule has 0 saturated heterocycles. The highest BCUT2D eigenvalue weighted by Crippen LogP contribution is 2.32. The number of primary amides is 1. The van der Waals surface area contributed by atoms with E-state index in [0.29, 0.717) is 16.2 Å². The average Bonchev–Trinajstić information content (AvgIpc) is 3.11. The number of hydrogen-bond donors (Lipinski definition) is 3. The van der Waals surface area contributed by atoms with Crippen molar-refractivity contribution in [3.63, 3.8) is 0 Å². The predicted octanol–water partition coefficient (Wildman–Crippen LogP) is 2.16. The van der Waals surface area contributed by atoms with Crippen molar-refractivity contribution in [2.24, 2.45) is 5.73 Å². The van der Waals surface area contributed by atoms with Crippen LogP contribution in [0.5, 0.6) is 0 Å². The van der Waals surface area contributed by atoms with Gasteiger partial charge in [0.15, 0.2) is 5.13 Å². The van der Waals surface area contributed by atoms with E-state index in [1.54, 1.807) is 18.3 Å². The second kappa shape index (κ2) is 6.39. The van der Waals surface area contributed by atoms with Crippen LogP contribution >= 0.6 is 23.1 Å². The Balaban J connectivity index is 1.79. The number of fused-ring (bicyclic) bond motifs is 1. The van der Waals surface area contributed by atoms with Gasteiger partial charge in [0.25, 0.3) is 5.91 Å². The van der Waals surface area contributed by atoms with E-state index in [1.165, 1.54) is 23.1 Å². The molecular formula is C14H13N5O2S2. The molecule has 0 saturated carbocycles. The smallest absolute Gasteiger partial charge is 0.259 e. The molecule has 2 amide bonds. The Morgan fingerprint density at radius 3 is 3.04 bits per heavy atom. The van der Waals surface area contributed by atoms with Crippen LogP contribution in [0.1, 0.15) is 16.1 Å². The first-order chi connectivity index (χ1) is 11.0. The number of anilines is 1. The van der Waals surface area contributed by atoms with Gasteiger partial charge in [-0.3, -0.25) is 20.0 Å². The highest BCUT2D eigenvalue weighted by atomic mass is 32.2. The van der Waals surface area contributed by atoms with Crippen molar-refractivity contribution < 1.29 is 9.59 Å². The van der Waals surface area contributed by atoms with E-state index in [1.807, 2.05) is 13.0 Å². The number of nitrogens with one attached hydrogen (secondary N) is 2. The number of nitrogens with two attached hydrogens (primary N) is 1. The summed E-state index contributed by atoms with van der Waals surface area (Å²) in [7, 11) is 0. The van der Waals surface area contributed by atoms with Crippen molar-refractivity contribution in [2.45, 2.75) is 11.1 Å². The number of hydrogen-bond acceptors (Lipinski definition) is 6. The minimum atomic E-state index is -0.390. The fraction of sp³-hybridized carbons (Fsp3) is 0.143. The van der Waals surface area contributed by atoms with Crippen molar-refractivity contribution in [2.75, 3.05) is 11.1 Å². The zero-order chi connectivity index (χ0) is 16.4. The van der Waals surface area contributed by atoms with Crippen LogP contribution in [-0.2, 0) is 4.79 Å². The van der Waals surface area contributed by atoms with E-state index in [4.69, 9.17) is 5.73 Å². The lowest BCUT2D eigenvalue weighted by atomic mass is 10.1. The Morgan fingerprint density at radius 1 is 1.43 bits per heavy atom. The van der Waals surface area contributed by atoms with Crippen LogP contribution in [0, 0.1) is 6.92 Å². The van der Waals surface area contributed by atoms with Gasteiger partial charge in [-0.25, -0.2) is 4.98 Å². The molecule has 0 bridgehead atoms. The Morgan fingerprint density at radius 2 is 2.26 bits per heavy atom. The first-order valence-electron chi connectivity index (χ1n) is 6.66. The maximum absolute atomic E-state index is 12.4. The fourth-order valence-electron chi connectivity index (χ4n) is 2.03. The molecule has 7 nitrogen and oxygen atoms in total. The van der Waals surface area contributed by atoms with E-state index in [0.717, 1.165) is 15.3 Å². The Kier molecular flexibility index (Phi) is 4.30. The normalized spacial score (nSPS) is 10.8. The second-order valence-electron chi connectivity index (χ2n) is 4.74. The van der Waals surface area contributed by atoms with Crippen LogP contribution < -0.4 is 11.1 Å². The van der Waals surface area contributed by atoms with Gasteiger partial charge in [-0.1, -0.05) is 23.5 Å². The van der Waals surface area contributed by atoms with Crippen LogP contribution in [0.15, 0.2) is 28.6 Å². The van der Waals surface area contributed by atoms with Crippen LogP contribution in [0.2, 0.25) is 0 Å². The summed E-state index contributed by atoms with van der Waals surface area (Å²) < 4.78 is 0.860. The molecule has 0 unspecified atom stereocenters. The number of nitrogens with zero attached hydrogens (tertiary/aromatic N) is 2. The van der Waals surface area contributed by atoms with Crippen molar-refractivity contribution >= 4 is 50.9 Å². The van der Waals surface area contributed by atoms with Crippen molar-refractivity contribution in [1.29, 1.82) is 0 Å². The Bertz CT molecular complexity index is 886. The van der Waals surface area contributed by atoms with Gasteiger partial charge in [-0.05, 0) is 13.0 Å². The molecule has 9 heteroatoms. The number of thioether (sulfide) groups is 1. The number of amides is 2. The Hall–Kier alpha value is -2.39. The van der Waals surface area contributed by atoms with Crippen molar-refractivity contribution in [3.8, 4) is 0 Å². The third-order valence-electron chi connectivity index (χ3n) is 3.04. The number of H-pyrrole nitrogens is 1. The molecule has 2 heterocycles. The predicted molar refractivity (Wildman–Crippen MR) is 90.8 cm³/mol. The maximum Gasteiger partial charge on any atom is 0.259 e. The van der Waals surface area contributed by atoms with E-state index >= 15 is 0 Å². The van der Waals surface area contributed by atoms with Crippen LogP contribution in [0.25, 0.3) is 10.9 Å². The zero-order valence-electron chi connectivity index (χ0n) is 12.1. The topological polar surface area (TPSA) is 114 Å². The van der Waals surface area contributed by atoms with E-state index in [2.05, 4.69) is 20.5 Å². The SMILES string of the molecule is Cc1nc(NC(=O)c2cccc3cn[nH]c23)sc1SCC(N)=O. The maximum atomic E-state index is 12.4. The Labute approximate surface area is 139 Å². The molecule has 0 atom stereocenters. The minimum absolute atomic E-state index is 0.184. The lowest BCUT2D eigenvalue weighted by Gasteiger charge is -2.02. The minimum Gasteiger partial charge on any atom is -0.369 e. The molecule has 0 aliphatic carbocycles. The molecule has 3 aromatic rings. The zero-order valence-corrected chi connectivity index (χ0v) is 13.8. The summed E-state index contributed by atoms with van der Waals surface area (Å²) in [5.74, 6) is -0.469. The number of rotatable bonds is 5. The highest BCUT2D eigenvalue weighted by molar-refractivity contribution is 8.01. The van der Waals surface area contributed by atoms with Crippen LogP contribution in [-0.4, -0.2) is 32.7 Å². The number of thiazole rings is 1. The van der Waals surface area contributed by atoms with Gasteiger partial charge < -0.3 is 5.73 Å². The number of aromatic nitrogens is 3. The lowest BCUT2D eigenvalue weighted by molar-refractivity contribution is -0.115. The molecule has 118 valence electrons. The molecule has 0 aliphatic heterocycles. The third-order valence-corrected chi connectivity index (χ3v) is 5.50. The molecular weight excluding hydrogens is 334 g/mol. The molecule has 0 aliphatic rings. The first kappa shape index (κ1) is 15.5. The fourth-order valence-corrected chi connectivity index (χ4v) is 3.90. The van der Waals surface area contributed by atoms with E-state index in [-0.39, 0.29) is 17.6 Å². The summed E-state index contributed by atoms with van der Waals surface area (Å²) in [6.07, 6.45) is 1.66. The number of aryl methyl sites for hydroxylation is 1. The number of carbonyl (C=O) groups is 2. The number of aromatic amines is 1. The van der Waals surface area contributed by atoms with Crippen molar-refractivity contribution in [1.82, 2.24) is 15.2 Å². The van der Waals surface area contributed by atoms with Gasteiger partial charge >= 0.3 is 0 Å². The summed E-state index contributed by atoms with van der Waals surface area (Å²) in [5, 5.41) is 10.9. The molecule has 1 aromatic carbocycles. The summed E-state index contributed by atoms with van der Waals surface area (Å²) in [5.41, 5.74) is 7.08. The standard InChI is InChI=1S/C14H13N5O2S2/c1-7-13(22-6-10(15)20)23-14(17-7)18-12(21)9-4-2-3-8-5-16-19-11(8)9/h2-5H,6H2,1H3,(H2,15,20)(H,16,19)(H,17,18,21). The van der Waals surface area contributed by atoms with Gasteiger partial charge in [0.05, 0.1) is 32.9 Å². The molecule has 0 fully saturated rings. The highest BCUT2D eigenvalue weighted by Gasteiger charge is 2.15. The summed E-state index contributed by atoms with van der Waals surface area (Å²) in [6, 6.07) is 5.40. The molecule has 4 N–H and O–H groups in total. The largest absolute Gasteiger partial charge is 0.369 e. The van der Waals surface area contributed by atoms with Gasteiger partial charge in [-0.15, -0.1) is 11.8 Å². The van der Waals surface area contributed by atoms with E-state index < -0.39 is 0 Å². The molecule has 3 rings (SSSR count). The van der Waals surface area contributed by atoms with Gasteiger partial charge in [0.2, 0.25) is 5.91 Å². The number of para-hydroxylation sites is 1. The molecule has 0 radical (unpaired) electrons. The van der Waals surface area contributed by atoms with Crippen molar-refractivity contribution in [3.05, 3.63) is 35.7 Å². The quantitative estimate of drug-likeness (QED) is 0.612. The van der Waals surface area contributed by atoms with Crippen LogP contribution in [0.4, 0.5) is 5.13 Å². The van der Waals surface area contributed by atoms with Gasteiger partial charge in [0, 0.05) is 5.39 Å². The summed E-state index contributed by atoms with van der Waals surface area (Å²) in [6.45, 7) is 1.82. The summed E-state index contributed by atoms with van der Waals surface area (Å²) >= 11 is 2.64. The number of carbonyl (C=O) groups excluding carboxylic acids is 2. The molecule has 2 aromatic heterocycles. The average molecular weight is 347 g/mol. The molecule has 0 spiro atoms. The lowest BCUT2D eigenvalue weighted by Crippen LogP contribution is -2.12. The first-order valence-corrected chi connectivity index (χ1v) is 8.47. The summed E-state index contributed by atoms with van der Waals surface area (Å²) in [4.78, 5) is 27.6. The monoisotopic (exact) mass is 347 g/mol. The second-order valence-corrected chi connectivity index (χ2v) is 6.98. The third kappa shape index (κ3) is 3.35. The van der Waals surface area contributed by atoms with Gasteiger partial charge in [-0.2, -0.15) is 5.10 Å².